The van der Waals surface area contributed by atoms with E-state index >= 15 is 0 Å². The van der Waals surface area contributed by atoms with Crippen LogP contribution in [0.15, 0.2) is 109 Å². The van der Waals surface area contributed by atoms with Crippen molar-refractivity contribution in [3.8, 4) is 39.7 Å². The van der Waals surface area contributed by atoms with Crippen molar-refractivity contribution in [3.05, 3.63) is 115 Å². The van der Waals surface area contributed by atoms with Crippen molar-refractivity contribution in [2.45, 2.75) is 6.54 Å². The monoisotopic (exact) mass is 417 g/mol. The SMILES string of the molecule is Oc1ccccc1CNc1ccc(-c2nc(-c3ccccc3)c(-c3ccccc3)[nH]2)cc1. The number of imidazole rings is 1. The molecule has 3 N–H and O–H groups in total. The molecule has 0 amide bonds. The molecule has 1 heterocycles. The Hall–Kier alpha value is -4.31. The quantitative estimate of drug-likeness (QED) is 0.287. The summed E-state index contributed by atoms with van der Waals surface area (Å²) >= 11 is 0. The van der Waals surface area contributed by atoms with Gasteiger partial charge in [0.15, 0.2) is 0 Å². The number of hydrogen-bond donors (Lipinski definition) is 3. The number of anilines is 1. The van der Waals surface area contributed by atoms with Crippen LogP contribution < -0.4 is 5.32 Å². The van der Waals surface area contributed by atoms with Crippen LogP contribution in [-0.2, 0) is 6.54 Å². The van der Waals surface area contributed by atoms with Gasteiger partial charge in [0.25, 0.3) is 0 Å². The Morgan fingerprint density at radius 1 is 0.656 bits per heavy atom. The van der Waals surface area contributed by atoms with E-state index in [4.69, 9.17) is 4.98 Å². The van der Waals surface area contributed by atoms with Gasteiger partial charge in [0.2, 0.25) is 0 Å². The maximum atomic E-state index is 9.95. The van der Waals surface area contributed by atoms with Crippen molar-refractivity contribution in [2.24, 2.45) is 0 Å². The lowest BCUT2D eigenvalue weighted by Crippen LogP contribution is -1.99. The van der Waals surface area contributed by atoms with Crippen LogP contribution in [-0.4, -0.2) is 15.1 Å². The summed E-state index contributed by atoms with van der Waals surface area (Å²) in [6.07, 6.45) is 0. The van der Waals surface area contributed by atoms with Crippen molar-refractivity contribution in [2.75, 3.05) is 5.32 Å². The molecule has 0 unspecified atom stereocenters. The minimum absolute atomic E-state index is 0.300. The number of aromatic hydroxyl groups is 1. The van der Waals surface area contributed by atoms with Gasteiger partial charge in [-0.05, 0) is 30.3 Å². The molecule has 0 radical (unpaired) electrons. The molecule has 0 aliphatic carbocycles. The van der Waals surface area contributed by atoms with Gasteiger partial charge in [0.1, 0.15) is 11.6 Å². The molecule has 1 aromatic heterocycles. The van der Waals surface area contributed by atoms with E-state index in [1.54, 1.807) is 6.07 Å². The average Bonchev–Trinajstić information content (AvgIpc) is 3.31. The van der Waals surface area contributed by atoms with E-state index in [-0.39, 0.29) is 0 Å². The van der Waals surface area contributed by atoms with E-state index < -0.39 is 0 Å². The van der Waals surface area contributed by atoms with Crippen LogP contribution in [0.1, 0.15) is 5.56 Å². The lowest BCUT2D eigenvalue weighted by molar-refractivity contribution is 0.469. The van der Waals surface area contributed by atoms with Gasteiger partial charge in [-0.3, -0.25) is 0 Å². The normalized spacial score (nSPS) is 10.8. The highest BCUT2D eigenvalue weighted by Crippen LogP contribution is 2.33. The van der Waals surface area contributed by atoms with Crippen LogP contribution in [0.25, 0.3) is 33.9 Å². The number of para-hydroxylation sites is 1. The number of rotatable bonds is 6. The molecule has 4 aromatic carbocycles. The molecule has 0 bridgehead atoms. The minimum atomic E-state index is 0.300. The average molecular weight is 418 g/mol. The second-order valence-electron chi connectivity index (χ2n) is 7.60. The molecule has 0 saturated carbocycles. The fourth-order valence-electron chi connectivity index (χ4n) is 3.73. The molecular weight excluding hydrogens is 394 g/mol. The van der Waals surface area contributed by atoms with Crippen LogP contribution in [0, 0.1) is 0 Å². The van der Waals surface area contributed by atoms with Gasteiger partial charge in [-0.2, -0.15) is 0 Å². The predicted molar refractivity (Wildman–Crippen MR) is 130 cm³/mol. The maximum Gasteiger partial charge on any atom is 0.138 e. The Morgan fingerprint density at radius 3 is 1.97 bits per heavy atom. The number of aromatic nitrogens is 2. The standard InChI is InChI=1S/C28H23N3O/c32-25-14-8-7-13-23(25)19-29-24-17-15-22(16-18-24)28-30-26(20-9-3-1-4-10-20)27(31-28)21-11-5-2-6-12-21/h1-18,29,32H,19H2,(H,30,31). The van der Waals surface area contributed by atoms with Crippen LogP contribution in [0.3, 0.4) is 0 Å². The number of phenols is 1. The van der Waals surface area contributed by atoms with Crippen molar-refractivity contribution < 1.29 is 5.11 Å². The zero-order valence-electron chi connectivity index (χ0n) is 17.5. The summed E-state index contributed by atoms with van der Waals surface area (Å²) in [5.41, 5.74) is 6.98. The topological polar surface area (TPSA) is 60.9 Å². The number of nitrogens with one attached hydrogen (secondary N) is 2. The first-order chi connectivity index (χ1) is 15.8. The third-order valence-corrected chi connectivity index (χ3v) is 5.45. The number of phenolic OH excluding ortho intramolecular Hbond substituents is 1. The summed E-state index contributed by atoms with van der Waals surface area (Å²) in [5.74, 6) is 1.13. The highest BCUT2D eigenvalue weighted by molar-refractivity contribution is 5.81. The minimum Gasteiger partial charge on any atom is -0.508 e. The zero-order chi connectivity index (χ0) is 21.8. The predicted octanol–water partition coefficient (Wildman–Crippen LogP) is 6.73. The molecule has 5 aromatic rings. The van der Waals surface area contributed by atoms with Gasteiger partial charge in [0.05, 0.1) is 11.4 Å². The van der Waals surface area contributed by atoms with E-state index in [2.05, 4.69) is 46.7 Å². The van der Waals surface area contributed by atoms with E-state index in [1.807, 2.05) is 66.7 Å². The third-order valence-electron chi connectivity index (χ3n) is 5.45. The summed E-state index contributed by atoms with van der Waals surface area (Å²) < 4.78 is 0. The van der Waals surface area contributed by atoms with Gasteiger partial charge >= 0.3 is 0 Å². The molecule has 4 nitrogen and oxygen atoms in total. The van der Waals surface area contributed by atoms with Crippen molar-refractivity contribution >= 4 is 5.69 Å². The zero-order valence-corrected chi connectivity index (χ0v) is 17.5. The molecular formula is C28H23N3O. The second kappa shape index (κ2) is 8.82. The van der Waals surface area contributed by atoms with E-state index in [0.29, 0.717) is 12.3 Å². The van der Waals surface area contributed by atoms with Crippen LogP contribution >= 0.6 is 0 Å². The van der Waals surface area contributed by atoms with Crippen molar-refractivity contribution in [1.29, 1.82) is 0 Å². The van der Waals surface area contributed by atoms with Gasteiger partial charge in [0, 0.05) is 34.5 Å². The first-order valence-corrected chi connectivity index (χ1v) is 10.6. The summed E-state index contributed by atoms with van der Waals surface area (Å²) in [6.45, 7) is 0.559. The number of H-pyrrole nitrogens is 1. The number of nitrogens with zero attached hydrogens (tertiary/aromatic N) is 1. The first-order valence-electron chi connectivity index (χ1n) is 10.6. The molecule has 156 valence electrons. The van der Waals surface area contributed by atoms with Crippen LogP contribution in [0.4, 0.5) is 5.69 Å². The summed E-state index contributed by atoms with van der Waals surface area (Å²) in [6, 6.07) is 36.0. The highest BCUT2D eigenvalue weighted by Gasteiger charge is 2.15. The van der Waals surface area contributed by atoms with E-state index in [0.717, 1.165) is 45.2 Å². The lowest BCUT2D eigenvalue weighted by Gasteiger charge is -2.08. The maximum absolute atomic E-state index is 9.95. The number of benzene rings is 4. The molecule has 0 fully saturated rings. The fraction of sp³-hybridized carbons (Fsp3) is 0.0357. The van der Waals surface area contributed by atoms with Gasteiger partial charge in [-0.1, -0.05) is 78.9 Å². The van der Waals surface area contributed by atoms with E-state index in [1.165, 1.54) is 0 Å². The molecule has 0 saturated heterocycles. The summed E-state index contributed by atoms with van der Waals surface area (Å²) in [7, 11) is 0. The Bertz CT molecular complexity index is 1250. The first kappa shape index (κ1) is 19.6. The highest BCUT2D eigenvalue weighted by atomic mass is 16.3. The molecule has 4 heteroatoms. The fourth-order valence-corrected chi connectivity index (χ4v) is 3.73. The molecule has 32 heavy (non-hydrogen) atoms. The number of hydrogen-bond acceptors (Lipinski definition) is 3. The molecule has 0 aliphatic rings. The van der Waals surface area contributed by atoms with Crippen molar-refractivity contribution in [1.82, 2.24) is 9.97 Å². The Kier molecular flexibility index (Phi) is 5.41. The largest absolute Gasteiger partial charge is 0.508 e. The lowest BCUT2D eigenvalue weighted by atomic mass is 10.1. The van der Waals surface area contributed by atoms with Gasteiger partial charge in [-0.25, -0.2) is 4.98 Å². The Balaban J connectivity index is 1.43. The molecule has 0 spiro atoms. The molecule has 0 aliphatic heterocycles. The molecule has 5 rings (SSSR count). The number of aromatic amines is 1. The smallest absolute Gasteiger partial charge is 0.138 e. The van der Waals surface area contributed by atoms with E-state index in [9.17, 15) is 5.11 Å². The third kappa shape index (κ3) is 4.12. The molecule has 0 atom stereocenters. The van der Waals surface area contributed by atoms with Crippen LogP contribution in [0.2, 0.25) is 0 Å². The Morgan fingerprint density at radius 2 is 1.28 bits per heavy atom. The van der Waals surface area contributed by atoms with Crippen molar-refractivity contribution in [3.63, 3.8) is 0 Å². The summed E-state index contributed by atoms with van der Waals surface area (Å²) in [4.78, 5) is 8.49. The second-order valence-corrected chi connectivity index (χ2v) is 7.60. The van der Waals surface area contributed by atoms with Crippen LogP contribution in [0.5, 0.6) is 5.75 Å². The Labute approximate surface area is 187 Å². The summed E-state index contributed by atoms with van der Waals surface area (Å²) in [5, 5.41) is 13.3. The van der Waals surface area contributed by atoms with Gasteiger partial charge in [-0.15, -0.1) is 0 Å². The van der Waals surface area contributed by atoms with Gasteiger partial charge < -0.3 is 15.4 Å².